The van der Waals surface area contributed by atoms with Crippen LogP contribution in [-0.2, 0) is 0 Å². The highest BCUT2D eigenvalue weighted by Crippen LogP contribution is 2.54. The molecule has 4 aromatic rings. The number of halogens is 2. The Kier molecular flexibility index (Phi) is 6.89. The van der Waals surface area contributed by atoms with Gasteiger partial charge in [0.1, 0.15) is 12.1 Å². The van der Waals surface area contributed by atoms with Crippen LogP contribution in [0.25, 0.3) is 16.9 Å². The summed E-state index contributed by atoms with van der Waals surface area (Å²) < 4.78 is 32.8. The number of hydrogen-bond donors (Lipinski definition) is 5. The van der Waals surface area contributed by atoms with E-state index in [1.54, 1.807) is 25.4 Å². The summed E-state index contributed by atoms with van der Waals surface area (Å²) in [6, 6.07) is 4.86. The second kappa shape index (κ2) is 10.2. The van der Waals surface area contributed by atoms with E-state index in [9.17, 15) is 28.9 Å². The maximum Gasteiger partial charge on any atom is 0.387 e. The van der Waals surface area contributed by atoms with Crippen molar-refractivity contribution in [3.63, 3.8) is 0 Å². The van der Waals surface area contributed by atoms with Crippen molar-refractivity contribution in [1.29, 1.82) is 0 Å². The van der Waals surface area contributed by atoms with E-state index in [4.69, 9.17) is 20.6 Å². The van der Waals surface area contributed by atoms with Crippen LogP contribution in [0.4, 0.5) is 8.78 Å². The summed E-state index contributed by atoms with van der Waals surface area (Å²) in [4.78, 5) is 26.8. The van der Waals surface area contributed by atoms with Crippen molar-refractivity contribution in [2.45, 2.75) is 69.4 Å². The van der Waals surface area contributed by atoms with Crippen molar-refractivity contribution >= 4 is 11.6 Å². The van der Waals surface area contributed by atoms with Crippen LogP contribution in [0, 0.1) is 6.92 Å². The number of nitrogens with two attached hydrogens (primary N) is 1. The molecule has 1 aliphatic heterocycles. The normalized spacial score (nSPS) is 24.2. The van der Waals surface area contributed by atoms with Gasteiger partial charge in [0.15, 0.2) is 5.65 Å². The summed E-state index contributed by atoms with van der Waals surface area (Å²) >= 11 is 0. The molecular formula is C28H29F2N7O6. The maximum atomic E-state index is 13.4. The number of rotatable bonds is 4. The number of aromatic nitrogens is 5. The number of nitrogens with zero attached hydrogens (tertiary/aromatic N) is 6. The average molecular weight is 598 g/mol. The first-order chi connectivity index (χ1) is 20.2. The highest BCUT2D eigenvalue weighted by Gasteiger charge is 2.53. The lowest BCUT2D eigenvalue weighted by Crippen LogP contribution is -2.53. The number of benzene rings is 1. The number of aryl methyl sites for hydroxylation is 1. The van der Waals surface area contributed by atoms with Crippen molar-refractivity contribution < 1.29 is 38.7 Å². The Morgan fingerprint density at radius 2 is 1.91 bits per heavy atom. The monoisotopic (exact) mass is 597 g/mol. The Balaban J connectivity index is 0.000000415. The quantitative estimate of drug-likeness (QED) is 0.215. The molecule has 4 heterocycles. The number of ether oxygens (including phenoxy) is 1. The fourth-order valence-corrected chi connectivity index (χ4v) is 6.25. The molecule has 1 saturated carbocycles. The third kappa shape index (κ3) is 5.08. The molecule has 7 rings (SSSR count). The van der Waals surface area contributed by atoms with Gasteiger partial charge in [-0.15, -0.1) is 0 Å². The Bertz CT molecular complexity index is 1720. The zero-order valence-corrected chi connectivity index (χ0v) is 23.1. The Labute approximate surface area is 243 Å². The van der Waals surface area contributed by atoms with Crippen LogP contribution in [0.5, 0.6) is 5.75 Å². The molecule has 3 aliphatic rings. The number of carbonyl (C=O) groups excluding carboxylic acids is 1. The van der Waals surface area contributed by atoms with Crippen LogP contribution >= 0.6 is 0 Å². The lowest BCUT2D eigenvalue weighted by atomic mass is 9.78. The SMILES string of the molecule is CC1(O)CC(N)C1.Cc1ncncc1-c1ccn2nc3c(c2n1)C1CC3N(C(O)(O)O)C(=O)c2cccc(OC(F)F)c21. The predicted octanol–water partition coefficient (Wildman–Crippen LogP) is 1.58. The lowest BCUT2D eigenvalue weighted by molar-refractivity contribution is -0.385. The van der Waals surface area contributed by atoms with Gasteiger partial charge in [0, 0.05) is 46.6 Å². The third-order valence-electron chi connectivity index (χ3n) is 7.98. The molecule has 2 bridgehead atoms. The second-order valence-corrected chi connectivity index (χ2v) is 11.2. The van der Waals surface area contributed by atoms with E-state index in [-0.39, 0.29) is 35.0 Å². The minimum atomic E-state index is -3.54. The van der Waals surface area contributed by atoms with Crippen LogP contribution in [0.15, 0.2) is 43.0 Å². The number of aliphatic hydroxyl groups is 4. The van der Waals surface area contributed by atoms with E-state index >= 15 is 0 Å². The Morgan fingerprint density at radius 1 is 1.16 bits per heavy atom. The molecule has 1 fully saturated rings. The first-order valence-corrected chi connectivity index (χ1v) is 13.5. The molecule has 2 atom stereocenters. The fourth-order valence-electron chi connectivity index (χ4n) is 6.25. The molecule has 2 aliphatic carbocycles. The first-order valence-electron chi connectivity index (χ1n) is 13.5. The molecule has 2 unspecified atom stereocenters. The molecule has 0 spiro atoms. The van der Waals surface area contributed by atoms with Gasteiger partial charge in [0.05, 0.1) is 28.7 Å². The molecule has 15 heteroatoms. The summed E-state index contributed by atoms with van der Waals surface area (Å²) in [6.07, 6.45) is 2.69. The molecule has 0 saturated heterocycles. The van der Waals surface area contributed by atoms with E-state index in [0.717, 1.165) is 12.8 Å². The number of alkyl halides is 2. The maximum absolute atomic E-state index is 13.4. The van der Waals surface area contributed by atoms with Crippen LogP contribution in [0.1, 0.15) is 71.0 Å². The van der Waals surface area contributed by atoms with E-state index in [0.29, 0.717) is 33.1 Å². The molecular weight excluding hydrogens is 568 g/mol. The minimum Gasteiger partial charge on any atom is -0.434 e. The van der Waals surface area contributed by atoms with Crippen LogP contribution in [-0.4, -0.2) is 80.2 Å². The predicted molar refractivity (Wildman–Crippen MR) is 144 cm³/mol. The molecule has 6 N–H and O–H groups in total. The van der Waals surface area contributed by atoms with Crippen molar-refractivity contribution in [3.05, 3.63) is 71.1 Å². The number of carbonyl (C=O) groups is 1. The van der Waals surface area contributed by atoms with E-state index < -0.39 is 36.2 Å². The van der Waals surface area contributed by atoms with Gasteiger partial charge in [-0.2, -0.15) is 13.9 Å². The topological polar surface area (TPSA) is 192 Å². The Morgan fingerprint density at radius 3 is 2.51 bits per heavy atom. The van der Waals surface area contributed by atoms with Gasteiger partial charge in [0.2, 0.25) is 0 Å². The Hall–Kier alpha value is -4.15. The molecule has 0 radical (unpaired) electrons. The van der Waals surface area contributed by atoms with Crippen molar-refractivity contribution in [2.24, 2.45) is 5.73 Å². The van der Waals surface area contributed by atoms with E-state index in [1.165, 1.54) is 29.0 Å². The second-order valence-electron chi connectivity index (χ2n) is 11.2. The summed E-state index contributed by atoms with van der Waals surface area (Å²) in [6.45, 7) is 0.457. The van der Waals surface area contributed by atoms with Gasteiger partial charge in [-0.05, 0) is 51.3 Å². The largest absolute Gasteiger partial charge is 0.434 e. The average Bonchev–Trinajstić information content (AvgIpc) is 3.40. The molecule has 1 amide bonds. The summed E-state index contributed by atoms with van der Waals surface area (Å²) in [5.74, 6) is -1.94. The highest BCUT2D eigenvalue weighted by molar-refractivity contribution is 5.98. The lowest BCUT2D eigenvalue weighted by Gasteiger charge is -2.38. The first kappa shape index (κ1) is 28.9. The third-order valence-corrected chi connectivity index (χ3v) is 7.98. The number of hydrogen-bond acceptors (Lipinski definition) is 11. The molecule has 1 aromatic carbocycles. The van der Waals surface area contributed by atoms with Crippen molar-refractivity contribution in [1.82, 2.24) is 29.5 Å². The van der Waals surface area contributed by atoms with Gasteiger partial charge in [0.25, 0.3) is 5.91 Å². The highest BCUT2D eigenvalue weighted by atomic mass is 19.3. The zero-order chi connectivity index (χ0) is 30.8. The van der Waals surface area contributed by atoms with Crippen molar-refractivity contribution in [3.8, 4) is 17.0 Å². The van der Waals surface area contributed by atoms with Gasteiger partial charge in [-0.3, -0.25) is 9.69 Å². The van der Waals surface area contributed by atoms with Crippen molar-refractivity contribution in [2.75, 3.05) is 0 Å². The number of amides is 1. The zero-order valence-electron chi connectivity index (χ0n) is 23.1. The summed E-state index contributed by atoms with van der Waals surface area (Å²) in [5, 5.41) is 43.9. The standard InChI is InChI=1S/C23H18F2N6O5.C5H11NO/c1-10-13(8-26-9-27-10)14-5-6-30-20(28-14)18-12-7-15(19(18)29-30)31(23(33,34)35)21(32)11-3-2-4-16(17(11)12)36-22(24)25;1-5(7)2-4(6)3-5/h2-6,8-9,12,15,22,33-35H,7H2,1H3;4,7H,2-3,6H2,1H3. The van der Waals surface area contributed by atoms with Gasteiger partial charge in [-0.1, -0.05) is 6.07 Å². The summed E-state index contributed by atoms with van der Waals surface area (Å²) in [7, 11) is 0. The van der Waals surface area contributed by atoms with E-state index in [2.05, 4.69) is 15.1 Å². The smallest absolute Gasteiger partial charge is 0.387 e. The molecule has 226 valence electrons. The van der Waals surface area contributed by atoms with Gasteiger partial charge >= 0.3 is 12.7 Å². The van der Waals surface area contributed by atoms with Gasteiger partial charge < -0.3 is 30.9 Å². The molecule has 13 nitrogen and oxygen atoms in total. The van der Waals surface area contributed by atoms with Crippen LogP contribution in [0.3, 0.4) is 0 Å². The number of fused-ring (bicyclic) bond motifs is 9. The minimum absolute atomic E-state index is 0.0271. The van der Waals surface area contributed by atoms with Gasteiger partial charge in [-0.25, -0.2) is 19.5 Å². The molecule has 43 heavy (non-hydrogen) atoms. The fraction of sp³-hybridized carbons (Fsp3) is 0.393. The summed E-state index contributed by atoms with van der Waals surface area (Å²) in [5.41, 5.74) is 7.97. The molecule has 3 aromatic heterocycles. The van der Waals surface area contributed by atoms with Crippen LogP contribution < -0.4 is 10.5 Å². The van der Waals surface area contributed by atoms with Crippen LogP contribution in [0.2, 0.25) is 0 Å². The van der Waals surface area contributed by atoms with E-state index in [1.807, 2.05) is 6.92 Å².